The van der Waals surface area contributed by atoms with E-state index in [0.717, 1.165) is 42.0 Å². The van der Waals surface area contributed by atoms with Crippen molar-refractivity contribution in [1.82, 2.24) is 15.1 Å². The molecule has 5 nitrogen and oxygen atoms in total. The van der Waals surface area contributed by atoms with Crippen LogP contribution < -0.4 is 10.1 Å². The van der Waals surface area contributed by atoms with Crippen molar-refractivity contribution in [2.45, 2.75) is 25.3 Å². The van der Waals surface area contributed by atoms with Crippen LogP contribution >= 0.6 is 0 Å². The lowest BCUT2D eigenvalue weighted by Gasteiger charge is -2.24. The van der Waals surface area contributed by atoms with Gasteiger partial charge < -0.3 is 10.1 Å². The molecule has 1 aromatic heterocycles. The molecule has 138 valence electrons. The summed E-state index contributed by atoms with van der Waals surface area (Å²) < 4.78 is 20.2. The Labute approximate surface area is 156 Å². The second-order valence-electron chi connectivity index (χ2n) is 6.58. The van der Waals surface area contributed by atoms with Gasteiger partial charge in [-0.3, -0.25) is 4.79 Å². The molecule has 1 N–H and O–H groups in total. The van der Waals surface area contributed by atoms with E-state index in [9.17, 15) is 9.18 Å². The van der Waals surface area contributed by atoms with Gasteiger partial charge in [0.25, 0.3) is 5.91 Å². The Bertz CT molecular complexity index is 949. The number of halogens is 1. The summed E-state index contributed by atoms with van der Waals surface area (Å²) in [6, 6.07) is 13.2. The first-order valence-corrected chi connectivity index (χ1v) is 8.93. The number of nitrogens with one attached hydrogen (secondary N) is 1. The van der Waals surface area contributed by atoms with Crippen LogP contribution in [0, 0.1) is 5.82 Å². The van der Waals surface area contributed by atoms with Crippen LogP contribution in [0.5, 0.6) is 5.75 Å². The van der Waals surface area contributed by atoms with Crippen LogP contribution in [-0.2, 0) is 6.42 Å². The summed E-state index contributed by atoms with van der Waals surface area (Å²) in [6.07, 6.45) is 4.55. The van der Waals surface area contributed by atoms with Gasteiger partial charge in [-0.15, -0.1) is 0 Å². The van der Waals surface area contributed by atoms with Gasteiger partial charge >= 0.3 is 0 Å². The van der Waals surface area contributed by atoms with Crippen LogP contribution in [0.25, 0.3) is 5.69 Å². The number of fused-ring (bicyclic) bond motifs is 1. The van der Waals surface area contributed by atoms with Crippen LogP contribution in [0.2, 0.25) is 0 Å². The maximum atomic E-state index is 13.1. The zero-order valence-electron chi connectivity index (χ0n) is 15.0. The van der Waals surface area contributed by atoms with E-state index in [1.165, 1.54) is 24.3 Å². The molecule has 4 rings (SSSR count). The van der Waals surface area contributed by atoms with Crippen LogP contribution in [0.4, 0.5) is 4.39 Å². The normalized spacial score (nSPS) is 15.9. The highest BCUT2D eigenvalue weighted by Crippen LogP contribution is 2.31. The first kappa shape index (κ1) is 17.3. The summed E-state index contributed by atoms with van der Waals surface area (Å²) in [5.41, 5.74) is 3.55. The average molecular weight is 365 g/mol. The van der Waals surface area contributed by atoms with Gasteiger partial charge in [0.05, 0.1) is 25.0 Å². The number of aromatic nitrogens is 2. The maximum absolute atomic E-state index is 13.1. The van der Waals surface area contributed by atoms with Gasteiger partial charge in [0.1, 0.15) is 11.6 Å². The van der Waals surface area contributed by atoms with E-state index in [1.807, 2.05) is 35.1 Å². The lowest BCUT2D eigenvalue weighted by atomic mass is 9.92. The molecule has 0 saturated heterocycles. The standard InChI is InChI=1S/C21H20FN3O2/c1-27-17-11-9-16(10-12-17)25-20-4-2-3-19(18(20)13-23-25)24-21(26)14-5-7-15(22)8-6-14/h5-13,19H,2-4H2,1H3,(H,24,26). The smallest absolute Gasteiger partial charge is 0.251 e. The molecule has 1 aliphatic carbocycles. The lowest BCUT2D eigenvalue weighted by molar-refractivity contribution is 0.0932. The molecule has 0 saturated carbocycles. The van der Waals surface area contributed by atoms with Gasteiger partial charge in [-0.25, -0.2) is 9.07 Å². The Morgan fingerprint density at radius 3 is 2.63 bits per heavy atom. The summed E-state index contributed by atoms with van der Waals surface area (Å²) in [5, 5.41) is 7.60. The maximum Gasteiger partial charge on any atom is 0.251 e. The first-order valence-electron chi connectivity index (χ1n) is 8.93. The molecule has 0 radical (unpaired) electrons. The number of hydrogen-bond acceptors (Lipinski definition) is 3. The number of nitrogens with zero attached hydrogens (tertiary/aromatic N) is 2. The van der Waals surface area contributed by atoms with Gasteiger partial charge in [0.15, 0.2) is 0 Å². The van der Waals surface area contributed by atoms with Crippen molar-refractivity contribution in [2.24, 2.45) is 0 Å². The molecule has 3 aromatic rings. The fourth-order valence-corrected chi connectivity index (χ4v) is 3.50. The highest BCUT2D eigenvalue weighted by Gasteiger charge is 2.26. The molecular formula is C21H20FN3O2. The molecule has 1 aliphatic rings. The van der Waals surface area contributed by atoms with Crippen LogP contribution in [-0.4, -0.2) is 22.8 Å². The SMILES string of the molecule is COc1ccc(-n2ncc3c2CCCC3NC(=O)c2ccc(F)cc2)cc1. The number of hydrogen-bond donors (Lipinski definition) is 1. The number of benzene rings is 2. The van der Waals surface area contributed by atoms with E-state index in [-0.39, 0.29) is 17.8 Å². The second kappa shape index (κ2) is 7.23. The minimum absolute atomic E-state index is 0.0988. The molecule has 1 unspecified atom stereocenters. The highest BCUT2D eigenvalue weighted by atomic mass is 19.1. The van der Waals surface area contributed by atoms with Crippen molar-refractivity contribution in [3.05, 3.63) is 77.4 Å². The third kappa shape index (κ3) is 3.43. The zero-order valence-corrected chi connectivity index (χ0v) is 15.0. The zero-order chi connectivity index (χ0) is 18.8. The molecule has 0 spiro atoms. The van der Waals surface area contributed by atoms with Crippen molar-refractivity contribution < 1.29 is 13.9 Å². The quantitative estimate of drug-likeness (QED) is 0.765. The predicted molar refractivity (Wildman–Crippen MR) is 99.7 cm³/mol. The Kier molecular flexibility index (Phi) is 4.62. The number of rotatable bonds is 4. The van der Waals surface area contributed by atoms with Crippen molar-refractivity contribution >= 4 is 5.91 Å². The predicted octanol–water partition coefficient (Wildman–Crippen LogP) is 3.83. The third-order valence-electron chi connectivity index (χ3n) is 4.91. The molecule has 6 heteroatoms. The number of carbonyl (C=O) groups excluding carboxylic acids is 1. The monoisotopic (exact) mass is 365 g/mol. The summed E-state index contributed by atoms with van der Waals surface area (Å²) in [6.45, 7) is 0. The Morgan fingerprint density at radius 1 is 1.19 bits per heavy atom. The van der Waals surface area contributed by atoms with Gasteiger partial charge in [0, 0.05) is 16.8 Å². The molecule has 27 heavy (non-hydrogen) atoms. The van der Waals surface area contributed by atoms with E-state index in [1.54, 1.807) is 7.11 Å². The largest absolute Gasteiger partial charge is 0.497 e. The number of amides is 1. The summed E-state index contributed by atoms with van der Waals surface area (Å²) >= 11 is 0. The van der Waals surface area contributed by atoms with E-state index in [4.69, 9.17) is 4.74 Å². The van der Waals surface area contributed by atoms with Crippen LogP contribution in [0.1, 0.15) is 40.5 Å². The highest BCUT2D eigenvalue weighted by molar-refractivity contribution is 5.94. The second-order valence-corrected chi connectivity index (χ2v) is 6.58. The molecule has 0 fully saturated rings. The molecule has 1 heterocycles. The molecule has 1 atom stereocenters. The van der Waals surface area contributed by atoms with Crippen LogP contribution in [0.3, 0.4) is 0 Å². The Hall–Kier alpha value is -3.15. The minimum Gasteiger partial charge on any atom is -0.497 e. The summed E-state index contributed by atoms with van der Waals surface area (Å²) in [4.78, 5) is 12.5. The Morgan fingerprint density at radius 2 is 1.93 bits per heavy atom. The van der Waals surface area contributed by atoms with Crippen molar-refractivity contribution in [3.63, 3.8) is 0 Å². The minimum atomic E-state index is -0.354. The average Bonchev–Trinajstić information content (AvgIpc) is 3.14. The molecule has 0 bridgehead atoms. The molecule has 1 amide bonds. The van der Waals surface area contributed by atoms with Gasteiger partial charge in [0.2, 0.25) is 0 Å². The van der Waals surface area contributed by atoms with Crippen LogP contribution in [0.15, 0.2) is 54.7 Å². The molecule has 2 aromatic carbocycles. The van der Waals surface area contributed by atoms with E-state index in [2.05, 4.69) is 10.4 Å². The number of ether oxygens (including phenoxy) is 1. The molecular weight excluding hydrogens is 345 g/mol. The Balaban J connectivity index is 1.57. The third-order valence-corrected chi connectivity index (χ3v) is 4.91. The van der Waals surface area contributed by atoms with Gasteiger partial charge in [-0.2, -0.15) is 5.10 Å². The fraction of sp³-hybridized carbons (Fsp3) is 0.238. The van der Waals surface area contributed by atoms with Gasteiger partial charge in [-0.05, 0) is 67.8 Å². The first-order chi connectivity index (χ1) is 13.2. The summed E-state index contributed by atoms with van der Waals surface area (Å²) in [5.74, 6) is 0.238. The van der Waals surface area contributed by atoms with E-state index < -0.39 is 0 Å². The van der Waals surface area contributed by atoms with Crippen molar-refractivity contribution in [2.75, 3.05) is 7.11 Å². The topological polar surface area (TPSA) is 56.1 Å². The van der Waals surface area contributed by atoms with Crippen molar-refractivity contribution in [3.8, 4) is 11.4 Å². The van der Waals surface area contributed by atoms with Gasteiger partial charge in [-0.1, -0.05) is 0 Å². The van der Waals surface area contributed by atoms with E-state index >= 15 is 0 Å². The lowest BCUT2D eigenvalue weighted by Crippen LogP contribution is -2.31. The molecule has 0 aliphatic heterocycles. The van der Waals surface area contributed by atoms with E-state index in [0.29, 0.717) is 5.56 Å². The summed E-state index contributed by atoms with van der Waals surface area (Å²) in [7, 11) is 1.64. The fourth-order valence-electron chi connectivity index (χ4n) is 3.50. The number of methoxy groups -OCH3 is 1. The number of carbonyl (C=O) groups is 1. The van der Waals surface area contributed by atoms with Crippen molar-refractivity contribution in [1.29, 1.82) is 0 Å².